The van der Waals surface area contributed by atoms with Gasteiger partial charge in [-0.1, -0.05) is 42.8 Å². The summed E-state index contributed by atoms with van der Waals surface area (Å²) in [7, 11) is 0. The van der Waals surface area contributed by atoms with Crippen LogP contribution in [0.25, 0.3) is 0 Å². The fraction of sp³-hybridized carbons (Fsp3) is 0.310. The van der Waals surface area contributed by atoms with Gasteiger partial charge in [0.1, 0.15) is 0 Å². The number of nitriles is 1. The Balaban J connectivity index is 1.75. The third kappa shape index (κ3) is 7.80. The molecule has 7 nitrogen and oxygen atoms in total. The first-order valence-corrected chi connectivity index (χ1v) is 12.5. The number of amides is 2. The minimum Gasteiger partial charge on any atom is -0.462 e. The van der Waals surface area contributed by atoms with Crippen LogP contribution in [0.3, 0.4) is 0 Å². The van der Waals surface area contributed by atoms with E-state index in [1.165, 1.54) is 6.20 Å². The van der Waals surface area contributed by atoms with Crippen LogP contribution in [-0.4, -0.2) is 28.4 Å². The lowest BCUT2D eigenvalue weighted by Gasteiger charge is -2.30. The maximum Gasteiger partial charge on any atom is 0.263 e. The molecule has 2 aromatic carbocycles. The zero-order valence-electron chi connectivity index (χ0n) is 21.4. The van der Waals surface area contributed by atoms with Gasteiger partial charge in [-0.2, -0.15) is 5.26 Å². The van der Waals surface area contributed by atoms with Gasteiger partial charge in [-0.15, -0.1) is 0 Å². The lowest BCUT2D eigenvalue weighted by molar-refractivity contribution is -0.135. The molecule has 3 aromatic rings. The SMILES string of the molecule is CCC(=O)Nc1ccc(OC(C)(C)C(=O)NC(C)C(Cc2ccc(Cl)cc2)c2cccc(C#N)c2)nc1. The summed E-state index contributed by atoms with van der Waals surface area (Å²) in [6, 6.07) is 20.2. The summed E-state index contributed by atoms with van der Waals surface area (Å²) in [4.78, 5) is 29.1. The molecule has 37 heavy (non-hydrogen) atoms. The van der Waals surface area contributed by atoms with Gasteiger partial charge in [-0.25, -0.2) is 4.98 Å². The largest absolute Gasteiger partial charge is 0.462 e. The number of ether oxygens (including phenoxy) is 1. The number of carbonyl (C=O) groups is 2. The lowest BCUT2D eigenvalue weighted by atomic mass is 9.85. The van der Waals surface area contributed by atoms with Gasteiger partial charge in [-0.05, 0) is 68.7 Å². The number of anilines is 1. The molecule has 2 N–H and O–H groups in total. The van der Waals surface area contributed by atoms with Crippen molar-refractivity contribution in [3.63, 3.8) is 0 Å². The van der Waals surface area contributed by atoms with Crippen LogP contribution >= 0.6 is 11.6 Å². The maximum atomic E-state index is 13.3. The fourth-order valence-corrected chi connectivity index (χ4v) is 3.98. The Morgan fingerprint density at radius 3 is 2.49 bits per heavy atom. The molecule has 192 valence electrons. The summed E-state index contributed by atoms with van der Waals surface area (Å²) < 4.78 is 5.91. The highest BCUT2D eigenvalue weighted by molar-refractivity contribution is 6.30. The average molecular weight is 519 g/mol. The molecule has 3 rings (SSSR count). The predicted molar refractivity (Wildman–Crippen MR) is 145 cm³/mol. The van der Waals surface area contributed by atoms with Gasteiger partial charge in [0.2, 0.25) is 11.8 Å². The van der Waals surface area contributed by atoms with Crippen LogP contribution in [0.15, 0.2) is 66.9 Å². The Morgan fingerprint density at radius 2 is 1.86 bits per heavy atom. The number of rotatable bonds is 10. The molecule has 1 heterocycles. The van der Waals surface area contributed by atoms with Crippen LogP contribution in [0.5, 0.6) is 5.88 Å². The number of hydrogen-bond donors (Lipinski definition) is 2. The Labute approximate surface area is 222 Å². The van der Waals surface area contributed by atoms with E-state index in [4.69, 9.17) is 16.3 Å². The fourth-order valence-electron chi connectivity index (χ4n) is 3.85. The molecule has 0 fully saturated rings. The minimum atomic E-state index is -1.21. The van der Waals surface area contributed by atoms with Crippen molar-refractivity contribution in [1.29, 1.82) is 5.26 Å². The highest BCUT2D eigenvalue weighted by atomic mass is 35.5. The monoisotopic (exact) mass is 518 g/mol. The second-order valence-corrected chi connectivity index (χ2v) is 9.77. The summed E-state index contributed by atoms with van der Waals surface area (Å²) in [5.41, 5.74) is 1.92. The van der Waals surface area contributed by atoms with Crippen molar-refractivity contribution in [2.45, 2.75) is 58.1 Å². The predicted octanol–water partition coefficient (Wildman–Crippen LogP) is 5.64. The minimum absolute atomic E-state index is 0.103. The van der Waals surface area contributed by atoms with Crippen molar-refractivity contribution in [2.24, 2.45) is 0 Å². The van der Waals surface area contributed by atoms with Gasteiger partial charge in [0, 0.05) is 29.5 Å². The summed E-state index contributed by atoms with van der Waals surface area (Å²) in [6.45, 7) is 7.06. The number of aromatic nitrogens is 1. The van der Waals surface area contributed by atoms with Gasteiger partial charge in [0.05, 0.1) is 23.5 Å². The standard InChI is InChI=1S/C29H31ClN4O3/c1-5-26(35)34-24-13-14-27(32-18-24)37-29(3,4)28(36)33-19(2)25(16-20-9-11-23(30)12-10-20)22-8-6-7-21(15-22)17-31/h6-15,18-19,25H,5,16H2,1-4H3,(H,33,36)(H,34,35). The molecule has 0 spiro atoms. The van der Waals surface area contributed by atoms with Gasteiger partial charge in [0.15, 0.2) is 5.60 Å². The number of halogens is 1. The van der Waals surface area contributed by atoms with E-state index < -0.39 is 5.60 Å². The molecule has 0 saturated heterocycles. The summed E-state index contributed by atoms with van der Waals surface area (Å²) in [6.07, 6.45) is 2.49. The first kappa shape index (κ1) is 27.7. The van der Waals surface area contributed by atoms with Crippen LogP contribution < -0.4 is 15.4 Å². The summed E-state index contributed by atoms with van der Waals surface area (Å²) >= 11 is 6.06. The van der Waals surface area contributed by atoms with E-state index >= 15 is 0 Å². The molecule has 0 aliphatic rings. The molecule has 0 aliphatic heterocycles. The molecule has 2 atom stereocenters. The Hall–Kier alpha value is -3.89. The molecule has 2 amide bonds. The molecule has 0 saturated carbocycles. The zero-order chi connectivity index (χ0) is 27.0. The number of carbonyl (C=O) groups excluding carboxylic acids is 2. The van der Waals surface area contributed by atoms with Crippen LogP contribution in [0.2, 0.25) is 5.02 Å². The topological polar surface area (TPSA) is 104 Å². The highest BCUT2D eigenvalue weighted by Crippen LogP contribution is 2.27. The summed E-state index contributed by atoms with van der Waals surface area (Å²) in [5.74, 6) is -0.254. The van der Waals surface area contributed by atoms with E-state index in [9.17, 15) is 14.9 Å². The van der Waals surface area contributed by atoms with Gasteiger partial charge >= 0.3 is 0 Å². The Bertz CT molecular complexity index is 1270. The second kappa shape index (κ2) is 12.4. The van der Waals surface area contributed by atoms with Crippen molar-refractivity contribution in [3.8, 4) is 11.9 Å². The zero-order valence-corrected chi connectivity index (χ0v) is 22.2. The van der Waals surface area contributed by atoms with Gasteiger partial charge in [-0.3, -0.25) is 9.59 Å². The average Bonchev–Trinajstić information content (AvgIpc) is 2.89. The molecular weight excluding hydrogens is 488 g/mol. The van der Waals surface area contributed by atoms with Crippen molar-refractivity contribution < 1.29 is 14.3 Å². The third-order valence-electron chi connectivity index (χ3n) is 6.02. The van der Waals surface area contributed by atoms with Gasteiger partial charge < -0.3 is 15.4 Å². The molecular formula is C29H31ClN4O3. The summed E-state index contributed by atoms with van der Waals surface area (Å²) in [5, 5.41) is 15.9. The smallest absolute Gasteiger partial charge is 0.263 e. The second-order valence-electron chi connectivity index (χ2n) is 9.34. The molecule has 0 radical (unpaired) electrons. The molecule has 8 heteroatoms. The van der Waals surface area contributed by atoms with E-state index in [2.05, 4.69) is 21.7 Å². The van der Waals surface area contributed by atoms with E-state index in [1.807, 2.05) is 49.4 Å². The molecule has 1 aromatic heterocycles. The Morgan fingerprint density at radius 1 is 1.14 bits per heavy atom. The quantitative estimate of drug-likeness (QED) is 0.361. The van der Waals surface area contributed by atoms with Crippen molar-refractivity contribution in [2.75, 3.05) is 5.32 Å². The van der Waals surface area contributed by atoms with Gasteiger partial charge in [0.25, 0.3) is 5.91 Å². The van der Waals surface area contributed by atoms with E-state index in [1.54, 1.807) is 39.0 Å². The first-order chi connectivity index (χ1) is 17.6. The van der Waals surface area contributed by atoms with Crippen LogP contribution in [0.1, 0.15) is 56.7 Å². The Kier molecular flexibility index (Phi) is 9.26. The normalized spacial score (nSPS) is 12.6. The first-order valence-electron chi connectivity index (χ1n) is 12.1. The van der Waals surface area contributed by atoms with Crippen LogP contribution in [0, 0.1) is 11.3 Å². The number of hydrogen-bond acceptors (Lipinski definition) is 5. The lowest BCUT2D eigenvalue weighted by Crippen LogP contribution is -2.51. The van der Waals surface area contributed by atoms with Crippen molar-refractivity contribution in [1.82, 2.24) is 10.3 Å². The van der Waals surface area contributed by atoms with Crippen LogP contribution in [-0.2, 0) is 16.0 Å². The highest BCUT2D eigenvalue weighted by Gasteiger charge is 2.33. The van der Waals surface area contributed by atoms with E-state index in [-0.39, 0.29) is 29.7 Å². The number of benzene rings is 2. The van der Waals surface area contributed by atoms with Crippen molar-refractivity contribution >= 4 is 29.1 Å². The molecule has 0 bridgehead atoms. The maximum absolute atomic E-state index is 13.3. The number of pyridine rings is 1. The van der Waals surface area contributed by atoms with Crippen molar-refractivity contribution in [3.05, 3.63) is 88.6 Å². The van der Waals surface area contributed by atoms with E-state index in [0.29, 0.717) is 29.1 Å². The molecule has 2 unspecified atom stereocenters. The van der Waals surface area contributed by atoms with Crippen LogP contribution in [0.4, 0.5) is 5.69 Å². The molecule has 0 aliphatic carbocycles. The number of nitrogens with zero attached hydrogens (tertiary/aromatic N) is 2. The number of nitrogens with one attached hydrogen (secondary N) is 2. The van der Waals surface area contributed by atoms with E-state index in [0.717, 1.165) is 11.1 Å². The third-order valence-corrected chi connectivity index (χ3v) is 6.27.